The largest absolute Gasteiger partial charge is 0.462 e. The molecular formula is C18H28FN3O4. The third-order valence-corrected chi connectivity index (χ3v) is 4.71. The maximum absolute atomic E-state index is 13.6. The molecule has 2 atom stereocenters. The zero-order chi connectivity index (χ0) is 19.3. The number of nitrogen functional groups attached to an aromatic ring is 1. The Hall–Kier alpha value is -1.96. The minimum atomic E-state index is -0.768. The maximum Gasteiger partial charge on any atom is 0.351 e. The van der Waals surface area contributed by atoms with Crippen molar-refractivity contribution >= 4 is 11.8 Å². The molecule has 7 nitrogen and oxygen atoms in total. The van der Waals surface area contributed by atoms with Crippen LogP contribution in [0.1, 0.15) is 65.5 Å². The zero-order valence-electron chi connectivity index (χ0n) is 15.7. The molecule has 0 bridgehead atoms. The number of carbonyl (C=O) groups excluding carboxylic acids is 1. The molecule has 2 heterocycles. The molecule has 1 aromatic rings. The van der Waals surface area contributed by atoms with Crippen LogP contribution < -0.4 is 11.4 Å². The highest BCUT2D eigenvalue weighted by Crippen LogP contribution is 2.36. The van der Waals surface area contributed by atoms with Crippen molar-refractivity contribution < 1.29 is 18.7 Å². The average molecular weight is 369 g/mol. The Morgan fingerprint density at radius 2 is 2.15 bits per heavy atom. The number of carbonyl (C=O) groups is 1. The standard InChI is InChI=1S/C18H28FN3O4/c1-4-6-12(7-5-2)16(23)25-11-18(3)9-8-14(26-18)22-10-13(19)15(20)21-17(22)24/h10,12,14H,4-9,11H2,1-3H3,(H2,20,21,24). The van der Waals surface area contributed by atoms with Crippen LogP contribution in [0.5, 0.6) is 0 Å². The first-order valence-electron chi connectivity index (χ1n) is 9.18. The van der Waals surface area contributed by atoms with Crippen LogP contribution >= 0.6 is 0 Å². The van der Waals surface area contributed by atoms with Crippen LogP contribution in [0, 0.1) is 11.7 Å². The molecule has 2 rings (SSSR count). The van der Waals surface area contributed by atoms with Gasteiger partial charge in [-0.1, -0.05) is 26.7 Å². The lowest BCUT2D eigenvalue weighted by Gasteiger charge is -2.26. The molecule has 1 aromatic heterocycles. The van der Waals surface area contributed by atoms with Crippen LogP contribution in [0.15, 0.2) is 11.0 Å². The van der Waals surface area contributed by atoms with E-state index in [0.717, 1.165) is 36.4 Å². The summed E-state index contributed by atoms with van der Waals surface area (Å²) in [6.45, 7) is 6.01. The molecule has 0 spiro atoms. The van der Waals surface area contributed by atoms with Crippen molar-refractivity contribution in [3.8, 4) is 0 Å². The van der Waals surface area contributed by atoms with Crippen LogP contribution in [-0.2, 0) is 14.3 Å². The molecule has 0 aromatic carbocycles. The summed E-state index contributed by atoms with van der Waals surface area (Å²) in [5, 5.41) is 0. The Labute approximate surface area is 152 Å². The van der Waals surface area contributed by atoms with Gasteiger partial charge in [-0.15, -0.1) is 0 Å². The minimum absolute atomic E-state index is 0.0937. The molecule has 0 saturated carbocycles. The number of aromatic nitrogens is 2. The van der Waals surface area contributed by atoms with Gasteiger partial charge in [0.15, 0.2) is 11.6 Å². The molecule has 146 valence electrons. The van der Waals surface area contributed by atoms with Gasteiger partial charge in [-0.3, -0.25) is 9.36 Å². The Kier molecular flexibility index (Phi) is 6.75. The second kappa shape index (κ2) is 8.62. The minimum Gasteiger partial charge on any atom is -0.462 e. The summed E-state index contributed by atoms with van der Waals surface area (Å²) >= 11 is 0. The molecule has 0 aliphatic carbocycles. The monoisotopic (exact) mass is 369 g/mol. The molecule has 2 unspecified atom stereocenters. The number of nitrogens with zero attached hydrogens (tertiary/aromatic N) is 2. The zero-order valence-corrected chi connectivity index (χ0v) is 15.7. The number of hydrogen-bond donors (Lipinski definition) is 1. The summed E-state index contributed by atoms with van der Waals surface area (Å²) in [5.74, 6) is -1.50. The molecule has 26 heavy (non-hydrogen) atoms. The van der Waals surface area contributed by atoms with E-state index in [1.165, 1.54) is 0 Å². The predicted molar refractivity (Wildman–Crippen MR) is 94.9 cm³/mol. The Balaban J connectivity index is 1.99. The number of hydrogen-bond acceptors (Lipinski definition) is 6. The van der Waals surface area contributed by atoms with Gasteiger partial charge in [0.2, 0.25) is 0 Å². The fourth-order valence-corrected chi connectivity index (χ4v) is 3.26. The summed E-state index contributed by atoms with van der Waals surface area (Å²) in [7, 11) is 0. The third kappa shape index (κ3) is 4.81. The summed E-state index contributed by atoms with van der Waals surface area (Å²) in [5.41, 5.74) is 3.91. The van der Waals surface area contributed by atoms with E-state index in [2.05, 4.69) is 4.98 Å². The van der Waals surface area contributed by atoms with Gasteiger partial charge in [0.05, 0.1) is 12.1 Å². The molecule has 8 heteroatoms. The lowest BCUT2D eigenvalue weighted by molar-refractivity contribution is -0.161. The van der Waals surface area contributed by atoms with Crippen LogP contribution in [0.3, 0.4) is 0 Å². The van der Waals surface area contributed by atoms with Gasteiger partial charge in [0.1, 0.15) is 18.4 Å². The highest BCUT2D eigenvalue weighted by atomic mass is 19.1. The van der Waals surface area contributed by atoms with Gasteiger partial charge >= 0.3 is 11.7 Å². The number of nitrogens with two attached hydrogens (primary N) is 1. The van der Waals surface area contributed by atoms with E-state index >= 15 is 0 Å². The second-order valence-electron chi connectivity index (χ2n) is 7.11. The van der Waals surface area contributed by atoms with Crippen molar-refractivity contribution in [3.05, 3.63) is 22.5 Å². The lowest BCUT2D eigenvalue weighted by atomic mass is 9.98. The van der Waals surface area contributed by atoms with Gasteiger partial charge in [-0.2, -0.15) is 4.98 Å². The SMILES string of the molecule is CCCC(CCC)C(=O)OCC1(C)CCC(n2cc(F)c(N)nc2=O)O1. The van der Waals surface area contributed by atoms with Crippen LogP contribution in [0.2, 0.25) is 0 Å². The summed E-state index contributed by atoms with van der Waals surface area (Å²) in [4.78, 5) is 27.7. The van der Waals surface area contributed by atoms with Crippen molar-refractivity contribution in [1.29, 1.82) is 0 Å². The number of halogens is 1. The molecule has 0 amide bonds. The molecule has 1 aliphatic rings. The first kappa shape index (κ1) is 20.4. The van der Waals surface area contributed by atoms with E-state index < -0.39 is 29.2 Å². The number of rotatable bonds is 8. The molecular weight excluding hydrogens is 341 g/mol. The molecule has 2 N–H and O–H groups in total. The van der Waals surface area contributed by atoms with Crippen molar-refractivity contribution in [1.82, 2.24) is 9.55 Å². The summed E-state index contributed by atoms with van der Waals surface area (Å²) in [6, 6.07) is 0. The van der Waals surface area contributed by atoms with E-state index in [1.54, 1.807) is 0 Å². The second-order valence-corrected chi connectivity index (χ2v) is 7.11. The average Bonchev–Trinajstić information content (AvgIpc) is 2.98. The fourth-order valence-electron chi connectivity index (χ4n) is 3.26. The van der Waals surface area contributed by atoms with Crippen molar-refractivity contribution in [3.63, 3.8) is 0 Å². The molecule has 1 aliphatic heterocycles. The predicted octanol–water partition coefficient (Wildman–Crippen LogP) is 2.79. The fraction of sp³-hybridized carbons (Fsp3) is 0.722. The summed E-state index contributed by atoms with van der Waals surface area (Å²) < 4.78 is 26.1. The number of anilines is 1. The normalized spacial score (nSPS) is 22.7. The topological polar surface area (TPSA) is 96.4 Å². The Morgan fingerprint density at radius 1 is 1.50 bits per heavy atom. The number of ether oxygens (including phenoxy) is 2. The highest BCUT2D eigenvalue weighted by molar-refractivity contribution is 5.72. The first-order valence-corrected chi connectivity index (χ1v) is 9.18. The Bertz CT molecular complexity index is 688. The van der Waals surface area contributed by atoms with E-state index in [4.69, 9.17) is 15.2 Å². The van der Waals surface area contributed by atoms with Crippen molar-refractivity contribution in [2.75, 3.05) is 12.3 Å². The van der Waals surface area contributed by atoms with Crippen molar-refractivity contribution in [2.45, 2.75) is 71.1 Å². The van der Waals surface area contributed by atoms with Crippen LogP contribution in [0.25, 0.3) is 0 Å². The molecule has 0 radical (unpaired) electrons. The summed E-state index contributed by atoms with van der Waals surface area (Å²) in [6.07, 6.45) is 4.88. The van der Waals surface area contributed by atoms with E-state index in [1.807, 2.05) is 20.8 Å². The van der Waals surface area contributed by atoms with Gasteiger partial charge in [0.25, 0.3) is 0 Å². The van der Waals surface area contributed by atoms with Gasteiger partial charge in [-0.25, -0.2) is 9.18 Å². The van der Waals surface area contributed by atoms with Gasteiger partial charge < -0.3 is 15.2 Å². The van der Waals surface area contributed by atoms with Crippen LogP contribution in [-0.4, -0.2) is 27.7 Å². The first-order chi connectivity index (χ1) is 12.3. The van der Waals surface area contributed by atoms with Gasteiger partial charge in [-0.05, 0) is 32.6 Å². The maximum atomic E-state index is 13.6. The lowest BCUT2D eigenvalue weighted by Crippen LogP contribution is -2.35. The number of esters is 1. The molecule has 1 saturated heterocycles. The quantitative estimate of drug-likeness (QED) is 0.708. The molecule has 1 fully saturated rings. The highest BCUT2D eigenvalue weighted by Gasteiger charge is 2.39. The Morgan fingerprint density at radius 3 is 2.77 bits per heavy atom. The van der Waals surface area contributed by atoms with E-state index in [-0.39, 0.29) is 18.5 Å². The van der Waals surface area contributed by atoms with Crippen molar-refractivity contribution in [2.24, 2.45) is 5.92 Å². The van der Waals surface area contributed by atoms with E-state index in [9.17, 15) is 14.0 Å². The smallest absolute Gasteiger partial charge is 0.351 e. The van der Waals surface area contributed by atoms with Crippen LogP contribution in [0.4, 0.5) is 10.2 Å². The van der Waals surface area contributed by atoms with Gasteiger partial charge in [0, 0.05) is 0 Å². The third-order valence-electron chi connectivity index (χ3n) is 4.71. The van der Waals surface area contributed by atoms with E-state index in [0.29, 0.717) is 12.8 Å².